The van der Waals surface area contributed by atoms with Crippen LogP contribution in [0.25, 0.3) is 0 Å². The van der Waals surface area contributed by atoms with E-state index in [-0.39, 0.29) is 0 Å². The molecule has 0 unspecified atom stereocenters. The van der Waals surface area contributed by atoms with Gasteiger partial charge in [-0.05, 0) is 32.4 Å². The fraction of sp³-hybridized carbons (Fsp3) is 0.929. The maximum absolute atomic E-state index is 10.3. The largest absolute Gasteiger partial charge is 0.481 e. The molecule has 0 saturated carbocycles. The number of carbonyl (C=O) groups is 1. The van der Waals surface area contributed by atoms with Crippen molar-refractivity contribution >= 4 is 5.97 Å². The second kappa shape index (κ2) is 10.6. The summed E-state index contributed by atoms with van der Waals surface area (Å²) in [5.74, 6) is 0.0799. The first-order chi connectivity index (χ1) is 8.02. The lowest BCUT2D eigenvalue weighted by Gasteiger charge is -2.18. The molecule has 3 nitrogen and oxygen atoms in total. The maximum atomic E-state index is 10.3. The van der Waals surface area contributed by atoms with Crippen LogP contribution in [-0.2, 0) is 4.79 Å². The van der Waals surface area contributed by atoms with E-state index in [0.29, 0.717) is 6.42 Å². The highest BCUT2D eigenvalue weighted by Crippen LogP contribution is 2.08. The van der Waals surface area contributed by atoms with Crippen LogP contribution < -0.4 is 0 Å². The van der Waals surface area contributed by atoms with Crippen LogP contribution in [0.15, 0.2) is 0 Å². The average molecular weight is 243 g/mol. The van der Waals surface area contributed by atoms with Gasteiger partial charge in [-0.3, -0.25) is 4.79 Å². The maximum Gasteiger partial charge on any atom is 0.303 e. The number of carboxylic acid groups (broad SMARTS) is 1. The van der Waals surface area contributed by atoms with Gasteiger partial charge in [0, 0.05) is 13.0 Å². The molecule has 0 bridgehead atoms. The van der Waals surface area contributed by atoms with Crippen LogP contribution in [-0.4, -0.2) is 36.1 Å². The highest BCUT2D eigenvalue weighted by Gasteiger charge is 2.01. The predicted octanol–water partition coefficient (Wildman–Crippen LogP) is 3.39. The average Bonchev–Trinajstić information content (AvgIpc) is 2.20. The molecule has 0 aromatic heterocycles. The summed E-state index contributed by atoms with van der Waals surface area (Å²) in [5.41, 5.74) is 0. The molecule has 0 spiro atoms. The van der Waals surface area contributed by atoms with E-state index in [9.17, 15) is 4.79 Å². The minimum atomic E-state index is -0.666. The Kier molecular flexibility index (Phi) is 10.2. The standard InChI is InChI=1S/C14H29NO2/c1-13(2)12-15(3)11-9-7-5-4-6-8-10-14(16)17/h13H,4-12H2,1-3H3,(H,16,17). The number of nitrogens with zero attached hydrogens (tertiary/aromatic N) is 1. The molecule has 0 aromatic carbocycles. The number of unbranched alkanes of at least 4 members (excludes halogenated alkanes) is 5. The summed E-state index contributed by atoms with van der Waals surface area (Å²) in [6.07, 6.45) is 7.20. The zero-order valence-corrected chi connectivity index (χ0v) is 11.7. The first-order valence-corrected chi connectivity index (χ1v) is 6.92. The number of rotatable bonds is 11. The molecular formula is C14H29NO2. The number of hydrogen-bond donors (Lipinski definition) is 1. The van der Waals surface area contributed by atoms with Gasteiger partial charge in [0.1, 0.15) is 0 Å². The van der Waals surface area contributed by atoms with Gasteiger partial charge in [-0.15, -0.1) is 0 Å². The van der Waals surface area contributed by atoms with Crippen LogP contribution in [0.2, 0.25) is 0 Å². The molecule has 0 radical (unpaired) electrons. The van der Waals surface area contributed by atoms with E-state index < -0.39 is 5.97 Å². The minimum Gasteiger partial charge on any atom is -0.481 e. The predicted molar refractivity (Wildman–Crippen MR) is 72.3 cm³/mol. The summed E-state index contributed by atoms with van der Waals surface area (Å²) in [7, 11) is 2.19. The van der Waals surface area contributed by atoms with Gasteiger partial charge in [0.2, 0.25) is 0 Å². The fourth-order valence-corrected chi connectivity index (χ4v) is 2.08. The Balaban J connectivity index is 3.15. The number of carboxylic acids is 1. The van der Waals surface area contributed by atoms with E-state index in [1.807, 2.05) is 0 Å². The second-order valence-electron chi connectivity index (χ2n) is 5.42. The fourth-order valence-electron chi connectivity index (χ4n) is 2.08. The van der Waals surface area contributed by atoms with Crippen molar-refractivity contribution in [1.82, 2.24) is 4.90 Å². The zero-order chi connectivity index (χ0) is 13.1. The van der Waals surface area contributed by atoms with Crippen molar-refractivity contribution in [1.29, 1.82) is 0 Å². The third-order valence-corrected chi connectivity index (χ3v) is 2.86. The van der Waals surface area contributed by atoms with Crippen molar-refractivity contribution in [3.8, 4) is 0 Å². The monoisotopic (exact) mass is 243 g/mol. The second-order valence-corrected chi connectivity index (χ2v) is 5.42. The lowest BCUT2D eigenvalue weighted by atomic mass is 10.1. The molecule has 0 aliphatic rings. The van der Waals surface area contributed by atoms with Gasteiger partial charge in [-0.1, -0.05) is 39.5 Å². The van der Waals surface area contributed by atoms with Crippen LogP contribution in [0.4, 0.5) is 0 Å². The van der Waals surface area contributed by atoms with E-state index in [1.54, 1.807) is 0 Å². The van der Waals surface area contributed by atoms with Crippen molar-refractivity contribution in [2.75, 3.05) is 20.1 Å². The van der Waals surface area contributed by atoms with Gasteiger partial charge in [0.25, 0.3) is 0 Å². The van der Waals surface area contributed by atoms with Crippen molar-refractivity contribution < 1.29 is 9.90 Å². The zero-order valence-electron chi connectivity index (χ0n) is 11.7. The highest BCUT2D eigenvalue weighted by molar-refractivity contribution is 5.66. The normalized spacial score (nSPS) is 11.4. The van der Waals surface area contributed by atoms with E-state index >= 15 is 0 Å². The van der Waals surface area contributed by atoms with Crippen LogP contribution in [0, 0.1) is 5.92 Å². The Morgan fingerprint density at radius 3 is 2.12 bits per heavy atom. The molecule has 17 heavy (non-hydrogen) atoms. The summed E-state index contributed by atoms with van der Waals surface area (Å²) in [6, 6.07) is 0. The van der Waals surface area contributed by atoms with Gasteiger partial charge in [0.15, 0.2) is 0 Å². The SMILES string of the molecule is CC(C)CN(C)CCCCCCCCC(=O)O. The lowest BCUT2D eigenvalue weighted by molar-refractivity contribution is -0.137. The highest BCUT2D eigenvalue weighted by atomic mass is 16.4. The van der Waals surface area contributed by atoms with E-state index in [1.165, 1.54) is 38.8 Å². The Morgan fingerprint density at radius 2 is 1.59 bits per heavy atom. The topological polar surface area (TPSA) is 40.5 Å². The van der Waals surface area contributed by atoms with Gasteiger partial charge in [-0.25, -0.2) is 0 Å². The van der Waals surface area contributed by atoms with Crippen LogP contribution in [0.5, 0.6) is 0 Å². The molecule has 0 aliphatic heterocycles. The molecule has 102 valence electrons. The summed E-state index contributed by atoms with van der Waals surface area (Å²) in [5, 5.41) is 8.48. The summed E-state index contributed by atoms with van der Waals surface area (Å²) in [6.45, 7) is 6.86. The van der Waals surface area contributed by atoms with E-state index in [0.717, 1.165) is 18.8 Å². The third-order valence-electron chi connectivity index (χ3n) is 2.86. The molecule has 0 aliphatic carbocycles. The third kappa shape index (κ3) is 13.4. The molecular weight excluding hydrogens is 214 g/mol. The van der Waals surface area contributed by atoms with Gasteiger partial charge < -0.3 is 10.0 Å². The van der Waals surface area contributed by atoms with Gasteiger partial charge >= 0.3 is 5.97 Å². The molecule has 0 heterocycles. The van der Waals surface area contributed by atoms with Crippen LogP contribution in [0.3, 0.4) is 0 Å². The van der Waals surface area contributed by atoms with Crippen molar-refractivity contribution in [2.45, 2.75) is 58.8 Å². The first-order valence-electron chi connectivity index (χ1n) is 6.92. The minimum absolute atomic E-state index is 0.330. The van der Waals surface area contributed by atoms with E-state index in [2.05, 4.69) is 25.8 Å². The number of hydrogen-bond acceptors (Lipinski definition) is 2. The quantitative estimate of drug-likeness (QED) is 0.565. The molecule has 0 aromatic rings. The molecule has 0 saturated heterocycles. The molecule has 0 rings (SSSR count). The van der Waals surface area contributed by atoms with Crippen LogP contribution >= 0.6 is 0 Å². The number of aliphatic carboxylic acids is 1. The van der Waals surface area contributed by atoms with Crippen molar-refractivity contribution in [2.24, 2.45) is 5.92 Å². The molecule has 0 fully saturated rings. The molecule has 0 atom stereocenters. The van der Waals surface area contributed by atoms with Gasteiger partial charge in [0.05, 0.1) is 0 Å². The molecule has 1 N–H and O–H groups in total. The molecule has 0 amide bonds. The summed E-state index contributed by atoms with van der Waals surface area (Å²) >= 11 is 0. The van der Waals surface area contributed by atoms with Gasteiger partial charge in [-0.2, -0.15) is 0 Å². The Labute approximate surface area is 106 Å². The Hall–Kier alpha value is -0.570. The molecule has 3 heteroatoms. The first kappa shape index (κ1) is 16.4. The van der Waals surface area contributed by atoms with Crippen molar-refractivity contribution in [3.63, 3.8) is 0 Å². The lowest BCUT2D eigenvalue weighted by Crippen LogP contribution is -2.24. The van der Waals surface area contributed by atoms with Crippen molar-refractivity contribution in [3.05, 3.63) is 0 Å². The summed E-state index contributed by atoms with van der Waals surface area (Å²) < 4.78 is 0. The Morgan fingerprint density at radius 1 is 1.06 bits per heavy atom. The van der Waals surface area contributed by atoms with E-state index in [4.69, 9.17) is 5.11 Å². The smallest absolute Gasteiger partial charge is 0.303 e. The van der Waals surface area contributed by atoms with Crippen LogP contribution in [0.1, 0.15) is 58.8 Å². The Bertz CT molecular complexity index is 193. The summed E-state index contributed by atoms with van der Waals surface area (Å²) in [4.78, 5) is 12.7.